The monoisotopic (exact) mass is 225 g/mol. The molecule has 1 aliphatic heterocycles. The van der Waals surface area contributed by atoms with Gasteiger partial charge in [-0.1, -0.05) is 33.1 Å². The number of hydrogen-bond acceptors (Lipinski definition) is 0. The van der Waals surface area contributed by atoms with Crippen LogP contribution in [0.2, 0.25) is 0 Å². The van der Waals surface area contributed by atoms with Crippen molar-refractivity contribution in [1.29, 1.82) is 0 Å². The molecule has 1 atom stereocenters. The van der Waals surface area contributed by atoms with Crippen LogP contribution in [0.4, 0.5) is 0 Å². The van der Waals surface area contributed by atoms with Gasteiger partial charge in [-0.15, -0.1) is 13.1 Å². The summed E-state index contributed by atoms with van der Waals surface area (Å²) in [4.78, 5) is 0. The molecule has 1 heterocycles. The van der Waals surface area contributed by atoms with Gasteiger partial charge in [0.05, 0.1) is 0 Å². The third kappa shape index (κ3) is 5.15. The fourth-order valence-electron chi connectivity index (χ4n) is 1.65. The number of rotatable bonds is 1. The minimum Gasteiger partial charge on any atom is -0.662 e. The van der Waals surface area contributed by atoms with Crippen LogP contribution in [0.15, 0.2) is 0 Å². The van der Waals surface area contributed by atoms with Crippen molar-refractivity contribution in [3.63, 3.8) is 0 Å². The largest absolute Gasteiger partial charge is 1.00 e. The molecule has 0 aliphatic carbocycles. The minimum absolute atomic E-state index is 0. The average molecular weight is 226 g/mol. The second kappa shape index (κ2) is 7.20. The summed E-state index contributed by atoms with van der Waals surface area (Å²) in [6.07, 6.45) is 4.06. The van der Waals surface area contributed by atoms with Gasteiger partial charge in [-0.3, -0.25) is 0 Å². The van der Waals surface area contributed by atoms with E-state index in [0.717, 1.165) is 24.9 Å². The van der Waals surface area contributed by atoms with Crippen molar-refractivity contribution < 1.29 is 58.2 Å². The third-order valence-corrected chi connectivity index (χ3v) is 2.49. The Morgan fingerprint density at radius 3 is 2.55 bits per heavy atom. The first-order valence-electron chi connectivity index (χ1n) is 4.44. The minimum atomic E-state index is 0. The normalized spacial score (nSPS) is 25.9. The van der Waals surface area contributed by atoms with E-state index in [0.29, 0.717) is 0 Å². The van der Waals surface area contributed by atoms with Crippen LogP contribution >= 0.6 is 0 Å². The van der Waals surface area contributed by atoms with Gasteiger partial charge in [0.1, 0.15) is 0 Å². The van der Waals surface area contributed by atoms with E-state index in [1.165, 1.54) is 19.3 Å². The topological polar surface area (TPSA) is 14.1 Å². The van der Waals surface area contributed by atoms with Gasteiger partial charge in [0, 0.05) is 0 Å². The molecule has 1 nitrogen and oxygen atoms in total. The standard InChI is InChI=1S/C9H18N.Rb/c1-8(2)9-4-3-6-10-7-5-9;/h8-9H,3-7H2,1-2H3;/q-1;+1. The summed E-state index contributed by atoms with van der Waals surface area (Å²) >= 11 is 0. The molecule has 0 spiro atoms. The van der Waals surface area contributed by atoms with Crippen molar-refractivity contribution in [3.8, 4) is 0 Å². The van der Waals surface area contributed by atoms with E-state index in [1.54, 1.807) is 0 Å². The van der Waals surface area contributed by atoms with E-state index in [-0.39, 0.29) is 58.2 Å². The van der Waals surface area contributed by atoms with Crippen LogP contribution in [0.5, 0.6) is 0 Å². The van der Waals surface area contributed by atoms with Gasteiger partial charge in [0.2, 0.25) is 0 Å². The van der Waals surface area contributed by atoms with E-state index >= 15 is 0 Å². The second-order valence-corrected chi connectivity index (χ2v) is 3.61. The molecule has 1 rings (SSSR count). The zero-order chi connectivity index (χ0) is 7.40. The first kappa shape index (κ1) is 12.8. The van der Waals surface area contributed by atoms with Crippen molar-refractivity contribution in [2.45, 2.75) is 33.1 Å². The van der Waals surface area contributed by atoms with E-state index in [2.05, 4.69) is 19.2 Å². The Morgan fingerprint density at radius 2 is 1.91 bits per heavy atom. The van der Waals surface area contributed by atoms with Crippen LogP contribution in [0.25, 0.3) is 5.32 Å². The molecule has 1 unspecified atom stereocenters. The smallest absolute Gasteiger partial charge is 0.662 e. The van der Waals surface area contributed by atoms with Gasteiger partial charge in [-0.25, -0.2) is 0 Å². The van der Waals surface area contributed by atoms with Gasteiger partial charge >= 0.3 is 58.2 Å². The molecule has 0 aromatic carbocycles. The average Bonchev–Trinajstić information content (AvgIpc) is 2.12. The Bertz CT molecular complexity index is 85.6. The van der Waals surface area contributed by atoms with Crippen molar-refractivity contribution in [2.75, 3.05) is 13.1 Å². The molecule has 1 fully saturated rings. The van der Waals surface area contributed by atoms with Gasteiger partial charge in [-0.2, -0.15) is 0 Å². The van der Waals surface area contributed by atoms with E-state index < -0.39 is 0 Å². The van der Waals surface area contributed by atoms with Crippen LogP contribution in [-0.4, -0.2) is 13.1 Å². The van der Waals surface area contributed by atoms with Crippen LogP contribution in [-0.2, 0) is 0 Å². The summed E-state index contributed by atoms with van der Waals surface area (Å²) < 4.78 is 0. The summed E-state index contributed by atoms with van der Waals surface area (Å²) in [7, 11) is 0. The molecule has 0 radical (unpaired) electrons. The Labute approximate surface area is 119 Å². The maximum Gasteiger partial charge on any atom is 1.00 e. The molecule has 0 N–H and O–H groups in total. The SMILES string of the molecule is CC(C)C1CCC[N-]CC1.[Rb+]. The fourth-order valence-corrected chi connectivity index (χ4v) is 1.65. The van der Waals surface area contributed by atoms with Crippen LogP contribution in [0.1, 0.15) is 33.1 Å². The predicted octanol–water partition coefficient (Wildman–Crippen LogP) is -0.180. The molecule has 11 heavy (non-hydrogen) atoms. The van der Waals surface area contributed by atoms with Crippen molar-refractivity contribution in [1.82, 2.24) is 0 Å². The van der Waals surface area contributed by atoms with E-state index in [4.69, 9.17) is 0 Å². The summed E-state index contributed by atoms with van der Waals surface area (Å²) in [6, 6.07) is 0. The maximum atomic E-state index is 4.40. The summed E-state index contributed by atoms with van der Waals surface area (Å²) in [5.41, 5.74) is 0. The van der Waals surface area contributed by atoms with Gasteiger partial charge in [-0.05, 0) is 11.8 Å². The fraction of sp³-hybridized carbons (Fsp3) is 1.00. The molecule has 2 heteroatoms. The Balaban J connectivity index is 0.000001000. The maximum absolute atomic E-state index is 4.40. The number of nitrogens with zero attached hydrogens (tertiary/aromatic N) is 1. The van der Waals surface area contributed by atoms with Gasteiger partial charge in [0.15, 0.2) is 0 Å². The number of hydrogen-bond donors (Lipinski definition) is 0. The zero-order valence-corrected chi connectivity index (χ0v) is 13.1. The summed E-state index contributed by atoms with van der Waals surface area (Å²) in [5.74, 6) is 1.82. The van der Waals surface area contributed by atoms with Crippen LogP contribution < -0.4 is 58.2 Å². The molecule has 0 bridgehead atoms. The van der Waals surface area contributed by atoms with E-state index in [9.17, 15) is 0 Å². The van der Waals surface area contributed by atoms with Crippen molar-refractivity contribution >= 4 is 0 Å². The molecular weight excluding hydrogens is 208 g/mol. The Hall–Kier alpha value is 1.77. The second-order valence-electron chi connectivity index (χ2n) is 3.61. The van der Waals surface area contributed by atoms with Gasteiger partial charge in [0.25, 0.3) is 0 Å². The quantitative estimate of drug-likeness (QED) is 0.588. The molecular formula is C9H18NRb. The molecule has 60 valence electrons. The van der Waals surface area contributed by atoms with Crippen molar-refractivity contribution in [3.05, 3.63) is 5.32 Å². The van der Waals surface area contributed by atoms with Crippen LogP contribution in [0.3, 0.4) is 0 Å². The van der Waals surface area contributed by atoms with Crippen molar-refractivity contribution in [2.24, 2.45) is 11.8 Å². The Morgan fingerprint density at radius 1 is 1.18 bits per heavy atom. The van der Waals surface area contributed by atoms with Gasteiger partial charge < -0.3 is 5.32 Å². The van der Waals surface area contributed by atoms with E-state index in [1.807, 2.05) is 0 Å². The first-order valence-corrected chi connectivity index (χ1v) is 4.44. The molecule has 1 aliphatic rings. The van der Waals surface area contributed by atoms with Crippen LogP contribution in [0, 0.1) is 11.8 Å². The molecule has 0 aromatic rings. The zero-order valence-electron chi connectivity index (χ0n) is 8.14. The summed E-state index contributed by atoms with van der Waals surface area (Å²) in [6.45, 7) is 6.89. The third-order valence-electron chi connectivity index (χ3n) is 2.49. The first-order chi connectivity index (χ1) is 4.80. The molecule has 0 aromatic heterocycles. The Kier molecular flexibility index (Phi) is 8.35. The molecule has 0 amide bonds. The molecule has 1 saturated heterocycles. The molecule has 0 saturated carbocycles. The predicted molar refractivity (Wildman–Crippen MR) is 45.3 cm³/mol. The summed E-state index contributed by atoms with van der Waals surface area (Å²) in [5, 5.41) is 4.40.